The van der Waals surface area contributed by atoms with E-state index in [1.54, 1.807) is 56.4 Å². The van der Waals surface area contributed by atoms with Crippen LogP contribution in [0.15, 0.2) is 60.8 Å². The number of carboxylic acid groups (broad SMARTS) is 1. The molecule has 0 aliphatic carbocycles. The van der Waals surface area contributed by atoms with Crippen molar-refractivity contribution in [1.29, 1.82) is 0 Å². The first-order valence-corrected chi connectivity index (χ1v) is 15.9. The van der Waals surface area contributed by atoms with Gasteiger partial charge in [-0.15, -0.1) is 0 Å². The number of carbonyl (C=O) groups is 2. The average Bonchev–Trinajstić information content (AvgIpc) is 3.72. The van der Waals surface area contributed by atoms with Crippen LogP contribution in [0.4, 0.5) is 0 Å². The lowest BCUT2D eigenvalue weighted by Crippen LogP contribution is -2.61. The maximum absolute atomic E-state index is 12.3. The summed E-state index contributed by atoms with van der Waals surface area (Å²) < 4.78 is 28.5. The fourth-order valence-electron chi connectivity index (χ4n) is 6.00. The Morgan fingerprint density at radius 3 is 2.36 bits per heavy atom. The van der Waals surface area contributed by atoms with Crippen LogP contribution in [0.1, 0.15) is 46.0 Å². The number of esters is 1. The van der Waals surface area contributed by atoms with Crippen LogP contribution in [0.2, 0.25) is 0 Å². The lowest BCUT2D eigenvalue weighted by molar-refractivity contribution is -0.308. The third kappa shape index (κ3) is 10.6. The largest absolute Gasteiger partial charge is 0.481 e. The van der Waals surface area contributed by atoms with Gasteiger partial charge in [-0.1, -0.05) is 48.6 Å². The second kappa shape index (κ2) is 16.6. The Kier molecular flexibility index (Phi) is 13.1. The van der Waals surface area contributed by atoms with E-state index in [4.69, 9.17) is 29.4 Å². The van der Waals surface area contributed by atoms with Gasteiger partial charge in [-0.05, 0) is 19.9 Å². The number of aliphatic hydroxyl groups is 5. The summed E-state index contributed by atoms with van der Waals surface area (Å²) in [5, 5.41) is 63.9. The molecule has 0 spiro atoms. The van der Waals surface area contributed by atoms with Crippen molar-refractivity contribution in [3.8, 4) is 0 Å². The quantitative estimate of drug-likeness (QED) is 0.157. The lowest BCUT2D eigenvalue weighted by Gasteiger charge is -2.45. The number of epoxide rings is 1. The van der Waals surface area contributed by atoms with E-state index < -0.39 is 97.3 Å². The van der Waals surface area contributed by atoms with Crippen molar-refractivity contribution < 1.29 is 63.9 Å². The van der Waals surface area contributed by atoms with Crippen LogP contribution in [0.3, 0.4) is 0 Å². The highest BCUT2D eigenvalue weighted by atomic mass is 16.7. The van der Waals surface area contributed by atoms with Gasteiger partial charge in [0.05, 0.1) is 48.8 Å². The molecule has 262 valence electrons. The summed E-state index contributed by atoms with van der Waals surface area (Å²) in [4.78, 5) is 24.4. The Labute approximate surface area is 273 Å². The second-order valence-corrected chi connectivity index (χ2v) is 12.6. The van der Waals surface area contributed by atoms with E-state index in [0.717, 1.165) is 0 Å². The van der Waals surface area contributed by atoms with E-state index in [2.05, 4.69) is 0 Å². The Morgan fingerprint density at radius 2 is 1.64 bits per heavy atom. The highest BCUT2D eigenvalue weighted by Gasteiger charge is 2.51. The van der Waals surface area contributed by atoms with Crippen LogP contribution in [0.25, 0.3) is 0 Å². The molecule has 14 heteroatoms. The number of aliphatic carboxylic acids is 1. The summed E-state index contributed by atoms with van der Waals surface area (Å²) in [6, 6.07) is -1.08. The molecule has 14 atom stereocenters. The molecule has 0 aromatic carbocycles. The first-order valence-electron chi connectivity index (χ1n) is 15.9. The van der Waals surface area contributed by atoms with E-state index in [0.29, 0.717) is 6.42 Å². The fraction of sp³-hybridized carbons (Fsp3) is 0.636. The first-order chi connectivity index (χ1) is 22.3. The third-order valence-corrected chi connectivity index (χ3v) is 8.58. The minimum absolute atomic E-state index is 0.0789. The van der Waals surface area contributed by atoms with Gasteiger partial charge in [0, 0.05) is 38.2 Å². The lowest BCUT2D eigenvalue weighted by atomic mass is 9.83. The summed E-state index contributed by atoms with van der Waals surface area (Å²) in [5.74, 6) is -5.45. The molecule has 8 N–H and O–H groups in total. The molecule has 0 amide bonds. The standard InChI is InChI=1S/C33H47NO13/c1-18-10-8-6-4-3-5-7-9-11-21(45-32-30(39)28(34)29(38)19(2)44-32)15-25-27(31(40)41)22(36)17-33(42,47-25)16-20(35)14-24-23(46-24)12-13-26(37)43-18/h3-9,11-13,18-25,27-30,32,35-36,38-39,42H,10,14-17,34H2,1-2H3,(H,40,41)/b4-3-,7-5+,8-6+,11-9+,13-12+/t18-,19+,20-,21?,22-,23+,24+,25-,27+,28+,29-,30-,32-,33+/m1/s1. The molecule has 4 aliphatic rings. The summed E-state index contributed by atoms with van der Waals surface area (Å²) in [6.45, 7) is 3.34. The molecule has 4 heterocycles. The number of hydrogen-bond donors (Lipinski definition) is 7. The Bertz CT molecular complexity index is 1220. The van der Waals surface area contributed by atoms with Gasteiger partial charge < -0.3 is 60.1 Å². The van der Waals surface area contributed by atoms with Crippen LogP contribution in [0, 0.1) is 5.92 Å². The Balaban J connectivity index is 1.58. The van der Waals surface area contributed by atoms with Crippen LogP contribution in [0.5, 0.6) is 0 Å². The number of rotatable bonds is 3. The average molecular weight is 666 g/mol. The molecule has 2 bridgehead atoms. The smallest absolute Gasteiger partial charge is 0.330 e. The van der Waals surface area contributed by atoms with Gasteiger partial charge in [0.2, 0.25) is 0 Å². The topological polar surface area (TPSA) is 231 Å². The monoisotopic (exact) mass is 665 g/mol. The number of ether oxygens (including phenoxy) is 5. The second-order valence-electron chi connectivity index (χ2n) is 12.6. The molecule has 14 nitrogen and oxygen atoms in total. The highest BCUT2D eigenvalue weighted by molar-refractivity contribution is 5.82. The predicted molar refractivity (Wildman–Crippen MR) is 165 cm³/mol. The van der Waals surface area contributed by atoms with Gasteiger partial charge in [0.1, 0.15) is 24.2 Å². The number of cyclic esters (lactones) is 1. The number of allylic oxidation sites excluding steroid dienone is 6. The molecule has 0 saturated carbocycles. The van der Waals surface area contributed by atoms with Crippen LogP contribution in [-0.2, 0) is 33.3 Å². The minimum atomic E-state index is -2.10. The molecule has 4 aliphatic heterocycles. The first kappa shape index (κ1) is 37.1. The van der Waals surface area contributed by atoms with E-state index in [9.17, 15) is 40.2 Å². The summed E-state index contributed by atoms with van der Waals surface area (Å²) in [5.41, 5.74) is 5.98. The summed E-state index contributed by atoms with van der Waals surface area (Å²) >= 11 is 0. The molecule has 0 aromatic rings. The van der Waals surface area contributed by atoms with E-state index in [-0.39, 0.29) is 25.4 Å². The Hall–Kier alpha value is -2.76. The molecular formula is C33H47NO13. The Morgan fingerprint density at radius 1 is 0.936 bits per heavy atom. The van der Waals surface area contributed by atoms with Crippen molar-refractivity contribution in [3.05, 3.63) is 60.8 Å². The maximum atomic E-state index is 12.3. The van der Waals surface area contributed by atoms with Gasteiger partial charge >= 0.3 is 11.9 Å². The van der Waals surface area contributed by atoms with Crippen LogP contribution < -0.4 is 5.73 Å². The molecule has 47 heavy (non-hydrogen) atoms. The van der Waals surface area contributed by atoms with Gasteiger partial charge in [-0.2, -0.15) is 0 Å². The fourth-order valence-corrected chi connectivity index (χ4v) is 6.00. The molecule has 3 fully saturated rings. The number of carbonyl (C=O) groups excluding carboxylic acids is 1. The molecule has 4 rings (SSSR count). The van der Waals surface area contributed by atoms with Crippen molar-refractivity contribution >= 4 is 11.9 Å². The molecule has 1 unspecified atom stereocenters. The normalized spacial score (nSPS) is 47.2. The minimum Gasteiger partial charge on any atom is -0.481 e. The number of carboxylic acids is 1. The van der Waals surface area contributed by atoms with Crippen molar-refractivity contribution in [1.82, 2.24) is 0 Å². The summed E-state index contributed by atoms with van der Waals surface area (Å²) in [6.07, 6.45) is 5.25. The van der Waals surface area contributed by atoms with Crippen molar-refractivity contribution in [2.75, 3.05) is 0 Å². The van der Waals surface area contributed by atoms with Gasteiger partial charge in [0.25, 0.3) is 0 Å². The maximum Gasteiger partial charge on any atom is 0.330 e. The highest BCUT2D eigenvalue weighted by Crippen LogP contribution is 2.39. The van der Waals surface area contributed by atoms with Crippen LogP contribution >= 0.6 is 0 Å². The van der Waals surface area contributed by atoms with Crippen molar-refractivity contribution in [3.63, 3.8) is 0 Å². The summed E-state index contributed by atoms with van der Waals surface area (Å²) in [7, 11) is 0. The molecule has 3 saturated heterocycles. The number of hydrogen-bond acceptors (Lipinski definition) is 13. The van der Waals surface area contributed by atoms with Crippen molar-refractivity contribution in [2.45, 2.75) is 125 Å². The SMILES string of the molecule is C[C@@H]1C/C=C/C=C\C=C\C=C\C(O[C@H]2O[C@@H](C)[C@@H](O)[C@H](N)[C@H]2O)C[C@H]2O[C@@](O)(C[C@H](O)C[C@@H]3O[C@H]3/C=C/C(=O)O1)C[C@@H](O)[C@@H]2C(=O)O. The van der Waals surface area contributed by atoms with E-state index in [1.807, 2.05) is 6.08 Å². The zero-order valence-electron chi connectivity index (χ0n) is 26.4. The van der Waals surface area contributed by atoms with Gasteiger partial charge in [-0.25, -0.2) is 4.79 Å². The van der Waals surface area contributed by atoms with Crippen molar-refractivity contribution in [2.24, 2.45) is 11.7 Å². The number of fused-ring (bicyclic) bond motifs is 3. The van der Waals surface area contributed by atoms with E-state index in [1.165, 1.54) is 12.2 Å². The predicted octanol–water partition coefficient (Wildman–Crippen LogP) is 0.120. The van der Waals surface area contributed by atoms with Gasteiger partial charge in [-0.3, -0.25) is 4.79 Å². The van der Waals surface area contributed by atoms with E-state index >= 15 is 0 Å². The number of nitrogens with two attached hydrogens (primary N) is 1. The molecular weight excluding hydrogens is 618 g/mol. The van der Waals surface area contributed by atoms with Gasteiger partial charge in [0.15, 0.2) is 12.1 Å². The molecule has 0 radical (unpaired) electrons. The zero-order valence-corrected chi connectivity index (χ0v) is 26.4. The molecule has 0 aromatic heterocycles. The zero-order chi connectivity index (χ0) is 34.3. The third-order valence-electron chi connectivity index (χ3n) is 8.58. The van der Waals surface area contributed by atoms with Crippen LogP contribution in [-0.4, -0.2) is 122 Å². The number of aliphatic hydroxyl groups excluding tert-OH is 4.